The molecule has 0 aliphatic heterocycles. The Bertz CT molecular complexity index is 674. The standard InChI is InChI=1S/C15H15Cl2N3O/c1-20(9-10-3-2-4-11(16)7-10)14-6-5-12(17)8-13(14)15(18)19-21/h2-8,21H,9H2,1H3,(H2,18,19). The summed E-state index contributed by atoms with van der Waals surface area (Å²) in [4.78, 5) is 1.98. The average molecular weight is 324 g/mol. The van der Waals surface area contributed by atoms with Gasteiger partial charge in [0, 0.05) is 34.9 Å². The fraction of sp³-hybridized carbons (Fsp3) is 0.133. The van der Waals surface area contributed by atoms with Crippen molar-refractivity contribution in [2.24, 2.45) is 10.9 Å². The lowest BCUT2D eigenvalue weighted by Crippen LogP contribution is -2.22. The van der Waals surface area contributed by atoms with Crippen LogP contribution in [0.5, 0.6) is 0 Å². The van der Waals surface area contributed by atoms with Gasteiger partial charge >= 0.3 is 0 Å². The average Bonchev–Trinajstić information content (AvgIpc) is 2.46. The molecule has 0 radical (unpaired) electrons. The topological polar surface area (TPSA) is 61.8 Å². The zero-order chi connectivity index (χ0) is 15.4. The summed E-state index contributed by atoms with van der Waals surface area (Å²) < 4.78 is 0. The van der Waals surface area contributed by atoms with E-state index in [2.05, 4.69) is 5.16 Å². The molecule has 0 aliphatic carbocycles. The first-order chi connectivity index (χ1) is 10.0. The van der Waals surface area contributed by atoms with Gasteiger partial charge in [-0.15, -0.1) is 0 Å². The molecule has 0 aromatic heterocycles. The van der Waals surface area contributed by atoms with Gasteiger partial charge in [-0.25, -0.2) is 0 Å². The second-order valence-electron chi connectivity index (χ2n) is 4.63. The van der Waals surface area contributed by atoms with E-state index in [1.54, 1.807) is 12.1 Å². The molecule has 6 heteroatoms. The summed E-state index contributed by atoms with van der Waals surface area (Å²) in [6.07, 6.45) is 0. The largest absolute Gasteiger partial charge is 0.409 e. The third-order valence-electron chi connectivity index (χ3n) is 3.06. The van der Waals surface area contributed by atoms with E-state index in [0.29, 0.717) is 22.2 Å². The van der Waals surface area contributed by atoms with E-state index in [1.165, 1.54) is 0 Å². The molecule has 0 aliphatic rings. The van der Waals surface area contributed by atoms with Crippen LogP contribution in [0, 0.1) is 0 Å². The zero-order valence-corrected chi connectivity index (χ0v) is 12.9. The van der Waals surface area contributed by atoms with Crippen molar-refractivity contribution in [2.45, 2.75) is 6.54 Å². The van der Waals surface area contributed by atoms with Crippen molar-refractivity contribution in [1.82, 2.24) is 0 Å². The molecule has 3 N–H and O–H groups in total. The highest BCUT2D eigenvalue weighted by molar-refractivity contribution is 6.31. The molecule has 0 heterocycles. The number of oxime groups is 1. The van der Waals surface area contributed by atoms with Crippen LogP contribution in [-0.4, -0.2) is 18.1 Å². The predicted molar refractivity (Wildman–Crippen MR) is 87.5 cm³/mol. The molecule has 0 saturated heterocycles. The van der Waals surface area contributed by atoms with Gasteiger partial charge in [0.15, 0.2) is 5.84 Å². The van der Waals surface area contributed by atoms with Gasteiger partial charge in [-0.05, 0) is 35.9 Å². The second kappa shape index (κ2) is 6.70. The summed E-state index contributed by atoms with van der Waals surface area (Å²) in [5.74, 6) is 0.0189. The van der Waals surface area contributed by atoms with Crippen LogP contribution in [0.4, 0.5) is 5.69 Å². The number of halogens is 2. The lowest BCUT2D eigenvalue weighted by Gasteiger charge is -2.22. The van der Waals surface area contributed by atoms with Gasteiger partial charge in [0.2, 0.25) is 0 Å². The summed E-state index contributed by atoms with van der Waals surface area (Å²) >= 11 is 12.0. The van der Waals surface area contributed by atoms with Crippen LogP contribution in [0.15, 0.2) is 47.6 Å². The Morgan fingerprint density at radius 2 is 1.90 bits per heavy atom. The number of nitrogens with zero attached hydrogens (tertiary/aromatic N) is 2. The van der Waals surface area contributed by atoms with Gasteiger partial charge in [-0.3, -0.25) is 0 Å². The number of hydrogen-bond acceptors (Lipinski definition) is 3. The van der Waals surface area contributed by atoms with Crippen LogP contribution in [0.3, 0.4) is 0 Å². The van der Waals surface area contributed by atoms with Crippen LogP contribution in [-0.2, 0) is 6.54 Å². The highest BCUT2D eigenvalue weighted by Gasteiger charge is 2.12. The maximum atomic E-state index is 8.90. The van der Waals surface area contributed by atoms with E-state index in [0.717, 1.165) is 11.3 Å². The van der Waals surface area contributed by atoms with Crippen molar-refractivity contribution < 1.29 is 5.21 Å². The van der Waals surface area contributed by atoms with Crippen LogP contribution >= 0.6 is 23.2 Å². The Hall–Kier alpha value is -1.91. The number of amidine groups is 1. The molecule has 0 atom stereocenters. The van der Waals surface area contributed by atoms with Crippen molar-refractivity contribution in [3.8, 4) is 0 Å². The molecule has 2 aromatic carbocycles. The Morgan fingerprint density at radius 1 is 1.19 bits per heavy atom. The summed E-state index contributed by atoms with van der Waals surface area (Å²) in [6, 6.07) is 12.9. The lowest BCUT2D eigenvalue weighted by molar-refractivity contribution is 0.318. The molecule has 0 saturated carbocycles. The maximum Gasteiger partial charge on any atom is 0.172 e. The minimum absolute atomic E-state index is 0.0189. The van der Waals surface area contributed by atoms with Gasteiger partial charge in [-0.2, -0.15) is 0 Å². The van der Waals surface area contributed by atoms with Crippen LogP contribution in [0.1, 0.15) is 11.1 Å². The van der Waals surface area contributed by atoms with Crippen molar-refractivity contribution in [2.75, 3.05) is 11.9 Å². The first-order valence-corrected chi connectivity index (χ1v) is 7.00. The van der Waals surface area contributed by atoms with E-state index in [9.17, 15) is 0 Å². The van der Waals surface area contributed by atoms with Gasteiger partial charge < -0.3 is 15.8 Å². The van der Waals surface area contributed by atoms with E-state index in [-0.39, 0.29) is 5.84 Å². The number of benzene rings is 2. The number of hydrogen-bond donors (Lipinski definition) is 2. The summed E-state index contributed by atoms with van der Waals surface area (Å²) in [5, 5.41) is 13.2. The van der Waals surface area contributed by atoms with Crippen molar-refractivity contribution in [3.63, 3.8) is 0 Å². The first kappa shape index (κ1) is 15.5. The lowest BCUT2D eigenvalue weighted by atomic mass is 10.1. The highest BCUT2D eigenvalue weighted by Crippen LogP contribution is 2.25. The molecule has 4 nitrogen and oxygen atoms in total. The minimum Gasteiger partial charge on any atom is -0.409 e. The Labute approximate surface area is 133 Å². The number of nitrogens with two attached hydrogens (primary N) is 1. The van der Waals surface area contributed by atoms with Crippen LogP contribution < -0.4 is 10.6 Å². The molecule has 0 fully saturated rings. The summed E-state index contributed by atoms with van der Waals surface area (Å²) in [7, 11) is 1.91. The van der Waals surface area contributed by atoms with E-state index in [4.69, 9.17) is 34.1 Å². The molecule has 2 rings (SSSR count). The zero-order valence-electron chi connectivity index (χ0n) is 11.4. The Kier molecular flexibility index (Phi) is 4.94. The Balaban J connectivity index is 2.33. The SMILES string of the molecule is CN(Cc1cccc(Cl)c1)c1ccc(Cl)cc1C(N)=NO. The molecule has 0 amide bonds. The normalized spacial score (nSPS) is 11.5. The fourth-order valence-corrected chi connectivity index (χ4v) is 2.48. The van der Waals surface area contributed by atoms with Crippen molar-refractivity contribution in [3.05, 3.63) is 63.6 Å². The number of rotatable bonds is 4. The fourth-order valence-electron chi connectivity index (χ4n) is 2.09. The molecule has 0 bridgehead atoms. The van der Waals surface area contributed by atoms with Crippen molar-refractivity contribution >= 4 is 34.7 Å². The van der Waals surface area contributed by atoms with Gasteiger partial charge in [0.05, 0.1) is 0 Å². The molecule has 110 valence electrons. The second-order valence-corrected chi connectivity index (χ2v) is 5.51. The first-order valence-electron chi connectivity index (χ1n) is 6.24. The van der Waals surface area contributed by atoms with E-state index >= 15 is 0 Å². The summed E-state index contributed by atoms with van der Waals surface area (Å²) in [5.41, 5.74) is 8.17. The van der Waals surface area contributed by atoms with Crippen LogP contribution in [0.25, 0.3) is 0 Å². The molecule has 21 heavy (non-hydrogen) atoms. The third kappa shape index (κ3) is 3.80. The monoisotopic (exact) mass is 323 g/mol. The summed E-state index contributed by atoms with van der Waals surface area (Å²) in [6.45, 7) is 0.633. The van der Waals surface area contributed by atoms with E-state index < -0.39 is 0 Å². The van der Waals surface area contributed by atoms with Gasteiger partial charge in [0.1, 0.15) is 0 Å². The highest BCUT2D eigenvalue weighted by atomic mass is 35.5. The molecular formula is C15H15Cl2N3O. The number of anilines is 1. The smallest absolute Gasteiger partial charge is 0.172 e. The maximum absolute atomic E-state index is 8.90. The van der Waals surface area contributed by atoms with Crippen molar-refractivity contribution in [1.29, 1.82) is 0 Å². The molecule has 0 spiro atoms. The van der Waals surface area contributed by atoms with Gasteiger partial charge in [-0.1, -0.05) is 40.5 Å². The quantitative estimate of drug-likeness (QED) is 0.390. The van der Waals surface area contributed by atoms with Crippen LogP contribution in [0.2, 0.25) is 10.0 Å². The minimum atomic E-state index is 0.0189. The Morgan fingerprint density at radius 3 is 2.57 bits per heavy atom. The van der Waals surface area contributed by atoms with Gasteiger partial charge in [0.25, 0.3) is 0 Å². The van der Waals surface area contributed by atoms with E-state index in [1.807, 2.05) is 42.3 Å². The molecule has 0 unspecified atom stereocenters. The third-order valence-corrected chi connectivity index (χ3v) is 3.53. The molecular weight excluding hydrogens is 309 g/mol. The molecule has 2 aromatic rings. The predicted octanol–water partition coefficient (Wildman–Crippen LogP) is 3.72.